The molecule has 0 radical (unpaired) electrons. The van der Waals surface area contributed by atoms with Crippen molar-refractivity contribution in [3.8, 4) is 0 Å². The van der Waals surface area contributed by atoms with Gasteiger partial charge in [-0.25, -0.2) is 0 Å². The predicted molar refractivity (Wildman–Crippen MR) is 80.4 cm³/mol. The Kier molecular flexibility index (Phi) is 4.93. The summed E-state index contributed by atoms with van der Waals surface area (Å²) in [6, 6.07) is 6.76. The number of rotatable bonds is 4. The second-order valence-electron chi connectivity index (χ2n) is 6.42. The molecule has 4 nitrogen and oxygen atoms in total. The maximum Gasteiger partial charge on any atom is 0.251 e. The molecule has 1 aromatic carbocycles. The summed E-state index contributed by atoms with van der Waals surface area (Å²) >= 11 is 0. The molecule has 20 heavy (non-hydrogen) atoms. The van der Waals surface area contributed by atoms with E-state index < -0.39 is 11.9 Å². The van der Waals surface area contributed by atoms with Crippen LogP contribution in [0, 0.1) is 5.92 Å². The summed E-state index contributed by atoms with van der Waals surface area (Å²) in [6.45, 7) is 10.0. The molecule has 0 aromatic heterocycles. The van der Waals surface area contributed by atoms with Crippen LogP contribution in [0.4, 0.5) is 0 Å². The number of benzene rings is 1. The van der Waals surface area contributed by atoms with Gasteiger partial charge in [-0.05, 0) is 29.0 Å². The lowest BCUT2D eigenvalue weighted by molar-refractivity contribution is -0.120. The van der Waals surface area contributed by atoms with Crippen molar-refractivity contribution in [3.05, 3.63) is 35.4 Å². The van der Waals surface area contributed by atoms with Crippen LogP contribution in [0.25, 0.3) is 0 Å². The Morgan fingerprint density at radius 1 is 1.10 bits per heavy atom. The number of nitrogens with one attached hydrogen (secondary N) is 1. The van der Waals surface area contributed by atoms with Gasteiger partial charge in [0.1, 0.15) is 6.04 Å². The SMILES string of the molecule is CC(C)C(NC(=O)c1ccc(C(C)(C)C)cc1)C(N)=O. The standard InChI is InChI=1S/C16H24N2O2/c1-10(2)13(14(17)19)18-15(20)11-6-8-12(9-7-11)16(3,4)5/h6-10,13H,1-5H3,(H2,17,19)(H,18,20). The Balaban J connectivity index is 2.85. The summed E-state index contributed by atoms with van der Waals surface area (Å²) in [5.41, 5.74) is 7.03. The first kappa shape index (κ1) is 16.2. The van der Waals surface area contributed by atoms with Gasteiger partial charge in [-0.2, -0.15) is 0 Å². The van der Waals surface area contributed by atoms with Gasteiger partial charge < -0.3 is 11.1 Å². The topological polar surface area (TPSA) is 72.2 Å². The van der Waals surface area contributed by atoms with Crippen molar-refractivity contribution < 1.29 is 9.59 Å². The molecule has 3 N–H and O–H groups in total. The fourth-order valence-corrected chi connectivity index (χ4v) is 1.91. The molecule has 0 saturated heterocycles. The zero-order valence-corrected chi connectivity index (χ0v) is 12.9. The summed E-state index contributed by atoms with van der Waals surface area (Å²) in [5.74, 6) is -0.826. The highest BCUT2D eigenvalue weighted by molar-refractivity contribution is 5.97. The molecular weight excluding hydrogens is 252 g/mol. The number of carbonyl (C=O) groups is 2. The molecule has 0 saturated carbocycles. The molecule has 110 valence electrons. The summed E-state index contributed by atoms with van der Waals surface area (Å²) in [7, 11) is 0. The number of primary amides is 1. The minimum Gasteiger partial charge on any atom is -0.368 e. The van der Waals surface area contributed by atoms with Crippen LogP contribution >= 0.6 is 0 Å². The molecule has 0 bridgehead atoms. The highest BCUT2D eigenvalue weighted by atomic mass is 16.2. The van der Waals surface area contributed by atoms with E-state index in [-0.39, 0.29) is 17.2 Å². The summed E-state index contributed by atoms with van der Waals surface area (Å²) in [5, 5.41) is 2.68. The third kappa shape index (κ3) is 4.08. The lowest BCUT2D eigenvalue weighted by Gasteiger charge is -2.20. The van der Waals surface area contributed by atoms with E-state index in [4.69, 9.17) is 5.73 Å². The Morgan fingerprint density at radius 2 is 1.60 bits per heavy atom. The number of carbonyl (C=O) groups excluding carboxylic acids is 2. The van der Waals surface area contributed by atoms with Crippen LogP contribution in [-0.2, 0) is 10.2 Å². The molecule has 1 aromatic rings. The molecule has 0 aliphatic rings. The molecule has 1 atom stereocenters. The Labute approximate surface area is 120 Å². The van der Waals surface area contributed by atoms with Gasteiger partial charge in [-0.15, -0.1) is 0 Å². The van der Waals surface area contributed by atoms with Crippen LogP contribution < -0.4 is 11.1 Å². The monoisotopic (exact) mass is 276 g/mol. The molecule has 0 aliphatic heterocycles. The van der Waals surface area contributed by atoms with Crippen LogP contribution in [0.15, 0.2) is 24.3 Å². The van der Waals surface area contributed by atoms with Gasteiger partial charge >= 0.3 is 0 Å². The molecule has 0 aliphatic carbocycles. The van der Waals surface area contributed by atoms with E-state index in [0.29, 0.717) is 5.56 Å². The van der Waals surface area contributed by atoms with Crippen molar-refractivity contribution in [1.29, 1.82) is 0 Å². The smallest absolute Gasteiger partial charge is 0.251 e. The molecule has 0 spiro atoms. The largest absolute Gasteiger partial charge is 0.368 e. The van der Waals surface area contributed by atoms with Crippen molar-refractivity contribution in [1.82, 2.24) is 5.32 Å². The quantitative estimate of drug-likeness (QED) is 0.885. The van der Waals surface area contributed by atoms with Crippen LogP contribution in [-0.4, -0.2) is 17.9 Å². The van der Waals surface area contributed by atoms with E-state index in [2.05, 4.69) is 26.1 Å². The van der Waals surface area contributed by atoms with E-state index in [1.165, 1.54) is 0 Å². The molecule has 4 heteroatoms. The lowest BCUT2D eigenvalue weighted by atomic mass is 9.86. The normalized spacial score (nSPS) is 13.1. The number of hydrogen-bond acceptors (Lipinski definition) is 2. The number of nitrogens with two attached hydrogens (primary N) is 1. The van der Waals surface area contributed by atoms with Crippen molar-refractivity contribution >= 4 is 11.8 Å². The maximum absolute atomic E-state index is 12.1. The third-order valence-corrected chi connectivity index (χ3v) is 3.27. The van der Waals surface area contributed by atoms with Crippen molar-refractivity contribution in [2.24, 2.45) is 11.7 Å². The average molecular weight is 276 g/mol. The van der Waals surface area contributed by atoms with Gasteiger partial charge in [0, 0.05) is 5.56 Å². The predicted octanol–water partition coefficient (Wildman–Crippen LogP) is 2.22. The highest BCUT2D eigenvalue weighted by Crippen LogP contribution is 2.22. The van der Waals surface area contributed by atoms with Gasteiger partial charge in [0.2, 0.25) is 5.91 Å². The number of amides is 2. The van der Waals surface area contributed by atoms with Gasteiger partial charge in [-0.3, -0.25) is 9.59 Å². The Hall–Kier alpha value is -1.84. The average Bonchev–Trinajstić information content (AvgIpc) is 2.34. The minimum absolute atomic E-state index is 0.0368. The molecule has 0 heterocycles. The van der Waals surface area contributed by atoms with Crippen LogP contribution in [0.3, 0.4) is 0 Å². The van der Waals surface area contributed by atoms with E-state index in [0.717, 1.165) is 5.56 Å². The maximum atomic E-state index is 12.1. The van der Waals surface area contributed by atoms with E-state index in [9.17, 15) is 9.59 Å². The van der Waals surface area contributed by atoms with Crippen LogP contribution in [0.5, 0.6) is 0 Å². The first-order valence-corrected chi connectivity index (χ1v) is 6.83. The zero-order chi connectivity index (χ0) is 15.5. The number of hydrogen-bond donors (Lipinski definition) is 2. The molecule has 2 amide bonds. The molecule has 0 fully saturated rings. The summed E-state index contributed by atoms with van der Waals surface area (Å²) < 4.78 is 0. The third-order valence-electron chi connectivity index (χ3n) is 3.27. The van der Waals surface area contributed by atoms with Gasteiger partial charge in [0.25, 0.3) is 5.91 Å². The van der Waals surface area contributed by atoms with Crippen molar-refractivity contribution in [2.75, 3.05) is 0 Å². The fraction of sp³-hybridized carbons (Fsp3) is 0.500. The minimum atomic E-state index is -0.648. The highest BCUT2D eigenvalue weighted by Gasteiger charge is 2.22. The van der Waals surface area contributed by atoms with E-state index in [1.807, 2.05) is 26.0 Å². The lowest BCUT2D eigenvalue weighted by Crippen LogP contribution is -2.47. The fourth-order valence-electron chi connectivity index (χ4n) is 1.91. The van der Waals surface area contributed by atoms with Gasteiger partial charge in [0.05, 0.1) is 0 Å². The first-order valence-electron chi connectivity index (χ1n) is 6.83. The second kappa shape index (κ2) is 6.07. The molecular formula is C16H24N2O2. The van der Waals surface area contributed by atoms with Crippen LogP contribution in [0.1, 0.15) is 50.5 Å². The van der Waals surface area contributed by atoms with Crippen molar-refractivity contribution in [2.45, 2.75) is 46.1 Å². The van der Waals surface area contributed by atoms with Crippen LogP contribution in [0.2, 0.25) is 0 Å². The Bertz CT molecular complexity index is 484. The Morgan fingerprint density at radius 3 is 1.95 bits per heavy atom. The summed E-state index contributed by atoms with van der Waals surface area (Å²) in [6.07, 6.45) is 0. The van der Waals surface area contributed by atoms with E-state index >= 15 is 0 Å². The van der Waals surface area contributed by atoms with E-state index in [1.54, 1.807) is 12.1 Å². The van der Waals surface area contributed by atoms with Gasteiger partial charge in [0.15, 0.2) is 0 Å². The second-order valence-corrected chi connectivity index (χ2v) is 6.42. The molecule has 1 rings (SSSR count). The van der Waals surface area contributed by atoms with Crippen molar-refractivity contribution in [3.63, 3.8) is 0 Å². The van der Waals surface area contributed by atoms with Gasteiger partial charge in [-0.1, -0.05) is 46.8 Å². The molecule has 1 unspecified atom stereocenters. The summed E-state index contributed by atoms with van der Waals surface area (Å²) in [4.78, 5) is 23.4. The zero-order valence-electron chi connectivity index (χ0n) is 12.9. The first-order chi connectivity index (χ1) is 9.12.